The molecule has 0 radical (unpaired) electrons. The summed E-state index contributed by atoms with van der Waals surface area (Å²) in [5, 5.41) is 5.63. The number of nitrogens with one attached hydrogen (secondary N) is 1. The van der Waals surface area contributed by atoms with Gasteiger partial charge in [-0.3, -0.25) is 0 Å². The molecule has 0 aromatic carbocycles. The molecule has 1 N–H and O–H groups in total. The summed E-state index contributed by atoms with van der Waals surface area (Å²) in [4.78, 5) is 4.41. The van der Waals surface area contributed by atoms with E-state index in [2.05, 4.69) is 22.3 Å². The van der Waals surface area contributed by atoms with Gasteiger partial charge in [-0.2, -0.15) is 0 Å². The van der Waals surface area contributed by atoms with Gasteiger partial charge in [-0.1, -0.05) is 0 Å². The van der Waals surface area contributed by atoms with Gasteiger partial charge in [0.2, 0.25) is 0 Å². The predicted octanol–water partition coefficient (Wildman–Crippen LogP) is 0.605. The second-order valence-corrected chi connectivity index (χ2v) is 5.19. The van der Waals surface area contributed by atoms with Gasteiger partial charge in [-0.05, 0) is 0 Å². The zero-order valence-corrected chi connectivity index (χ0v) is 9.05. The average Bonchev–Trinajstić information content (AvgIpc) is 2.51. The van der Waals surface area contributed by atoms with Crippen LogP contribution in [0.2, 0.25) is 0 Å². The van der Waals surface area contributed by atoms with Gasteiger partial charge in [0.25, 0.3) is 0 Å². The normalized spacial score (nSPS) is 22.2. The quantitative estimate of drug-likeness (QED) is 0.751. The van der Waals surface area contributed by atoms with Crippen LogP contribution in [0.1, 0.15) is 23.5 Å². The van der Waals surface area contributed by atoms with E-state index in [0.717, 1.165) is 12.6 Å². The summed E-state index contributed by atoms with van der Waals surface area (Å²) < 4.78 is 1.64. The van der Waals surface area contributed by atoms with Gasteiger partial charge in [0, 0.05) is 0 Å². The second-order valence-electron chi connectivity index (χ2n) is 3.22. The molecule has 0 saturated carbocycles. The summed E-state index contributed by atoms with van der Waals surface area (Å²) in [5.41, 5.74) is 1.41. The molecule has 0 saturated heterocycles. The predicted molar refractivity (Wildman–Crippen MR) is 50.7 cm³/mol. The molecule has 12 heavy (non-hydrogen) atoms. The van der Waals surface area contributed by atoms with Gasteiger partial charge in [-0.25, -0.2) is 0 Å². The number of aryl methyl sites for hydroxylation is 1. The van der Waals surface area contributed by atoms with Crippen molar-refractivity contribution >= 4 is 14.5 Å². The van der Waals surface area contributed by atoms with Crippen LogP contribution in [-0.4, -0.2) is 32.1 Å². The zero-order valence-electron chi connectivity index (χ0n) is 7.34. The topological polar surface area (TPSA) is 24.9 Å². The Morgan fingerprint density at radius 1 is 1.75 bits per heavy atom. The Labute approximate surface area is 79.1 Å². The summed E-state index contributed by atoms with van der Waals surface area (Å²) in [6.45, 7) is 3.28. The third-order valence-corrected chi connectivity index (χ3v) is 4.26. The van der Waals surface area contributed by atoms with E-state index in [9.17, 15) is 0 Å². The Kier molecular flexibility index (Phi) is 2.64. The summed E-state index contributed by atoms with van der Waals surface area (Å²) in [6, 6.07) is 0.734. The van der Waals surface area contributed by atoms with Crippen LogP contribution >= 0.6 is 0 Å². The maximum absolute atomic E-state index is 4.41. The van der Waals surface area contributed by atoms with Gasteiger partial charge in [0.1, 0.15) is 0 Å². The fourth-order valence-corrected chi connectivity index (χ4v) is 3.64. The van der Waals surface area contributed by atoms with Crippen molar-refractivity contribution in [1.29, 1.82) is 0 Å². The van der Waals surface area contributed by atoms with Crippen LogP contribution in [0.4, 0.5) is 0 Å². The third-order valence-electron chi connectivity index (χ3n) is 2.38. The molecule has 66 valence electrons. The molecule has 1 atom stereocenters. The van der Waals surface area contributed by atoms with Crippen molar-refractivity contribution in [3.05, 3.63) is 15.2 Å². The number of aromatic nitrogens is 1. The molecule has 1 unspecified atom stereocenters. The third kappa shape index (κ3) is 1.63. The maximum atomic E-state index is 4.41. The minimum atomic E-state index is 0.587. The van der Waals surface area contributed by atoms with Crippen LogP contribution in [0.3, 0.4) is 0 Å². The van der Waals surface area contributed by atoms with Crippen molar-refractivity contribution in [2.75, 3.05) is 6.54 Å². The van der Waals surface area contributed by atoms with Crippen molar-refractivity contribution in [3.63, 3.8) is 0 Å². The molecule has 1 heterocycles. The number of likely N-dealkylation sites (N-methyl/N-ethyl adjacent to an activating group) is 1. The van der Waals surface area contributed by atoms with Crippen molar-refractivity contribution < 1.29 is 0 Å². The molecule has 3 heteroatoms. The first kappa shape index (κ1) is 8.49. The number of hydrogen-bond donors (Lipinski definition) is 1. The van der Waals surface area contributed by atoms with Crippen molar-refractivity contribution in [3.8, 4) is 0 Å². The first-order chi connectivity index (χ1) is 5.90. The van der Waals surface area contributed by atoms with Crippen molar-refractivity contribution in [2.24, 2.45) is 0 Å². The van der Waals surface area contributed by atoms with E-state index in [1.54, 1.807) is 4.44 Å². The van der Waals surface area contributed by atoms with Crippen LogP contribution in [0.15, 0.2) is 5.07 Å². The van der Waals surface area contributed by atoms with E-state index in [-0.39, 0.29) is 0 Å². The molecule has 0 fully saturated rings. The van der Waals surface area contributed by atoms with E-state index in [4.69, 9.17) is 0 Å². The number of nitrogens with zero attached hydrogens (tertiary/aromatic N) is 1. The molecule has 0 amide bonds. The summed E-state index contributed by atoms with van der Waals surface area (Å²) in [6.07, 6.45) is 3.73. The molecule has 2 nitrogen and oxygen atoms in total. The first-order valence-corrected chi connectivity index (χ1v) is 6.39. The van der Waals surface area contributed by atoms with Gasteiger partial charge in [0.15, 0.2) is 0 Å². The van der Waals surface area contributed by atoms with Gasteiger partial charge < -0.3 is 0 Å². The molecule has 0 bridgehead atoms. The Morgan fingerprint density at radius 2 is 2.67 bits per heavy atom. The fraction of sp³-hybridized carbons (Fsp3) is 0.667. The van der Waals surface area contributed by atoms with Crippen molar-refractivity contribution in [2.45, 2.75) is 32.2 Å². The number of rotatable bonds is 2. The summed E-state index contributed by atoms with van der Waals surface area (Å²) in [5.74, 6) is 0. The molecular formula is C9H14N2Se. The number of hydrogen-bond acceptors (Lipinski definition) is 2. The molecular weight excluding hydrogens is 215 g/mol. The van der Waals surface area contributed by atoms with E-state index >= 15 is 0 Å². The van der Waals surface area contributed by atoms with Gasteiger partial charge >= 0.3 is 78.8 Å². The minimum absolute atomic E-state index is 0.587. The number of fused-ring (bicyclic) bond motifs is 1. The van der Waals surface area contributed by atoms with Gasteiger partial charge in [-0.15, -0.1) is 0 Å². The first-order valence-electron chi connectivity index (χ1n) is 4.54. The fourth-order valence-electron chi connectivity index (χ4n) is 1.76. The van der Waals surface area contributed by atoms with Gasteiger partial charge in [0.05, 0.1) is 0 Å². The molecule has 1 aliphatic rings. The van der Waals surface area contributed by atoms with Crippen molar-refractivity contribution in [1.82, 2.24) is 10.3 Å². The van der Waals surface area contributed by atoms with E-state index in [1.807, 2.05) is 0 Å². The Balaban J connectivity index is 2.05. The van der Waals surface area contributed by atoms with Crippen LogP contribution in [0.25, 0.3) is 0 Å². The molecule has 2 rings (SSSR count). The van der Waals surface area contributed by atoms with Crippen LogP contribution in [0, 0.1) is 0 Å². The van der Waals surface area contributed by atoms with E-state index < -0.39 is 0 Å². The molecule has 1 aromatic rings. The Hall–Kier alpha value is -0.111. The zero-order chi connectivity index (χ0) is 8.39. The van der Waals surface area contributed by atoms with E-state index in [0.29, 0.717) is 14.5 Å². The van der Waals surface area contributed by atoms with Crippen LogP contribution < -0.4 is 5.32 Å². The Morgan fingerprint density at radius 3 is 3.50 bits per heavy atom. The molecule has 0 spiro atoms. The Bertz CT molecular complexity index is 257. The average molecular weight is 229 g/mol. The molecule has 1 aliphatic carbocycles. The monoisotopic (exact) mass is 230 g/mol. The summed E-state index contributed by atoms with van der Waals surface area (Å²) in [7, 11) is 0. The standard InChI is InChI=1S/C9H14N2Se/c1-2-10-7-3-4-8-9(5-7)12-6-11-8/h6-7,10H,2-5H2,1H3. The molecule has 1 aromatic heterocycles. The SMILES string of the molecule is CCNC1CCc2nc[se]c2C1. The molecule has 0 aliphatic heterocycles. The van der Waals surface area contributed by atoms with E-state index in [1.165, 1.54) is 25.0 Å². The van der Waals surface area contributed by atoms with Crippen LogP contribution in [-0.2, 0) is 12.8 Å². The van der Waals surface area contributed by atoms with Crippen LogP contribution in [0.5, 0.6) is 0 Å². The second kappa shape index (κ2) is 3.73. The summed E-state index contributed by atoms with van der Waals surface area (Å²) >= 11 is 0.587.